The highest BCUT2D eigenvalue weighted by Crippen LogP contribution is 2.18. The van der Waals surface area contributed by atoms with Crippen LogP contribution in [0.1, 0.15) is 58.8 Å². The van der Waals surface area contributed by atoms with Crippen LogP contribution >= 0.6 is 0 Å². The summed E-state index contributed by atoms with van der Waals surface area (Å²) in [4.78, 5) is 2.61. The molecule has 0 amide bonds. The summed E-state index contributed by atoms with van der Waals surface area (Å²) in [5, 5.41) is 13.1. The number of rotatable bonds is 8. The van der Waals surface area contributed by atoms with Gasteiger partial charge in [-0.25, -0.2) is 0 Å². The van der Waals surface area contributed by atoms with Gasteiger partial charge in [0.1, 0.15) is 0 Å². The first-order valence-electron chi connectivity index (χ1n) is 7.84. The molecule has 3 nitrogen and oxygen atoms in total. The molecule has 2 N–H and O–H groups in total. The van der Waals surface area contributed by atoms with E-state index < -0.39 is 0 Å². The molecule has 1 rings (SSSR count). The summed E-state index contributed by atoms with van der Waals surface area (Å²) in [6, 6.07) is 0. The third kappa shape index (κ3) is 5.25. The molecule has 1 atom stereocenters. The number of aliphatic hydroxyl groups excluding tert-OH is 1. The molecule has 0 aromatic heterocycles. The Labute approximate surface area is 113 Å². The van der Waals surface area contributed by atoms with E-state index in [1.165, 1.54) is 51.7 Å². The zero-order valence-corrected chi connectivity index (χ0v) is 12.4. The summed E-state index contributed by atoms with van der Waals surface area (Å²) in [5.74, 6) is 0. The van der Waals surface area contributed by atoms with Crippen molar-refractivity contribution < 1.29 is 5.11 Å². The maximum absolute atomic E-state index is 9.61. The minimum atomic E-state index is -0.0411. The number of aliphatic hydroxyl groups is 1. The van der Waals surface area contributed by atoms with Gasteiger partial charge in [0.15, 0.2) is 0 Å². The van der Waals surface area contributed by atoms with Crippen LogP contribution in [0.3, 0.4) is 0 Å². The smallest absolute Gasteiger partial charge is 0.0613 e. The summed E-state index contributed by atoms with van der Waals surface area (Å²) >= 11 is 0. The van der Waals surface area contributed by atoms with Gasteiger partial charge in [-0.15, -0.1) is 0 Å². The number of likely N-dealkylation sites (N-methyl/N-ethyl adjacent to an activating group) is 1. The Morgan fingerprint density at radius 1 is 1.11 bits per heavy atom. The van der Waals surface area contributed by atoms with E-state index in [0.717, 1.165) is 19.4 Å². The van der Waals surface area contributed by atoms with E-state index >= 15 is 0 Å². The molecule has 1 fully saturated rings. The molecule has 1 heterocycles. The van der Waals surface area contributed by atoms with Gasteiger partial charge >= 0.3 is 0 Å². The first-order valence-corrected chi connectivity index (χ1v) is 7.84. The van der Waals surface area contributed by atoms with Crippen LogP contribution in [0.15, 0.2) is 0 Å². The normalized spacial score (nSPS) is 21.5. The Bertz CT molecular complexity index is 197. The summed E-state index contributed by atoms with van der Waals surface area (Å²) < 4.78 is 0. The number of hydrogen-bond acceptors (Lipinski definition) is 3. The molecule has 1 aliphatic rings. The predicted molar refractivity (Wildman–Crippen MR) is 77.9 cm³/mol. The molecule has 0 saturated carbocycles. The van der Waals surface area contributed by atoms with Crippen molar-refractivity contribution in [2.24, 2.45) is 0 Å². The Morgan fingerprint density at radius 2 is 1.78 bits per heavy atom. The molecule has 108 valence electrons. The number of nitrogens with zero attached hydrogens (tertiary/aromatic N) is 1. The van der Waals surface area contributed by atoms with Crippen LogP contribution in [0.4, 0.5) is 0 Å². The van der Waals surface area contributed by atoms with Gasteiger partial charge in [0.05, 0.1) is 6.61 Å². The molecular formula is C15H32N2O. The average Bonchev–Trinajstić information content (AvgIpc) is 2.66. The molecule has 0 aliphatic carbocycles. The molecule has 0 spiro atoms. The first-order chi connectivity index (χ1) is 8.76. The van der Waals surface area contributed by atoms with E-state index in [-0.39, 0.29) is 12.1 Å². The first kappa shape index (κ1) is 15.9. The van der Waals surface area contributed by atoms with Crippen LogP contribution in [0.5, 0.6) is 0 Å². The van der Waals surface area contributed by atoms with Gasteiger partial charge in [0, 0.05) is 5.54 Å². The number of likely N-dealkylation sites (tertiary alicyclic amines) is 1. The van der Waals surface area contributed by atoms with Crippen molar-refractivity contribution in [1.82, 2.24) is 10.2 Å². The van der Waals surface area contributed by atoms with Crippen LogP contribution in [0.2, 0.25) is 0 Å². The Hall–Kier alpha value is -0.120. The van der Waals surface area contributed by atoms with Crippen LogP contribution in [0, 0.1) is 0 Å². The Kier molecular flexibility index (Phi) is 7.87. The van der Waals surface area contributed by atoms with Crippen LogP contribution < -0.4 is 5.32 Å². The lowest BCUT2D eigenvalue weighted by atomic mass is 9.91. The second-order valence-electron chi connectivity index (χ2n) is 5.68. The average molecular weight is 256 g/mol. The highest BCUT2D eigenvalue weighted by Gasteiger charge is 2.25. The summed E-state index contributed by atoms with van der Waals surface area (Å²) in [6.07, 6.45) is 8.84. The van der Waals surface area contributed by atoms with Crippen LogP contribution in [-0.4, -0.2) is 48.3 Å². The SMILES string of the molecule is CCNC(CC)(CO)CCCN1CCCCCC1. The maximum atomic E-state index is 9.61. The second kappa shape index (κ2) is 8.89. The third-order valence-electron chi connectivity index (χ3n) is 4.36. The van der Waals surface area contributed by atoms with Crippen LogP contribution in [-0.2, 0) is 0 Å². The third-order valence-corrected chi connectivity index (χ3v) is 4.36. The van der Waals surface area contributed by atoms with Gasteiger partial charge in [0.25, 0.3) is 0 Å². The summed E-state index contributed by atoms with van der Waals surface area (Å²) in [6.45, 7) is 9.25. The van der Waals surface area contributed by atoms with Gasteiger partial charge in [-0.2, -0.15) is 0 Å². The van der Waals surface area contributed by atoms with Gasteiger partial charge in [0.2, 0.25) is 0 Å². The number of hydrogen-bond donors (Lipinski definition) is 2. The fraction of sp³-hybridized carbons (Fsp3) is 1.00. The Morgan fingerprint density at radius 3 is 2.28 bits per heavy atom. The van der Waals surface area contributed by atoms with Crippen molar-refractivity contribution in [1.29, 1.82) is 0 Å². The largest absolute Gasteiger partial charge is 0.394 e. The van der Waals surface area contributed by atoms with Gasteiger partial charge in [-0.3, -0.25) is 0 Å². The topological polar surface area (TPSA) is 35.5 Å². The minimum Gasteiger partial charge on any atom is -0.394 e. The van der Waals surface area contributed by atoms with Gasteiger partial charge < -0.3 is 15.3 Å². The predicted octanol–water partition coefficient (Wildman–Crippen LogP) is 2.39. The summed E-state index contributed by atoms with van der Waals surface area (Å²) in [7, 11) is 0. The minimum absolute atomic E-state index is 0.0411. The fourth-order valence-corrected chi connectivity index (χ4v) is 3.01. The van der Waals surface area contributed by atoms with E-state index in [2.05, 4.69) is 24.1 Å². The lowest BCUT2D eigenvalue weighted by Gasteiger charge is -2.32. The van der Waals surface area contributed by atoms with E-state index in [4.69, 9.17) is 0 Å². The second-order valence-corrected chi connectivity index (χ2v) is 5.68. The molecule has 1 aliphatic heterocycles. The molecule has 0 aromatic rings. The van der Waals surface area contributed by atoms with Crippen molar-refractivity contribution >= 4 is 0 Å². The van der Waals surface area contributed by atoms with E-state index in [0.29, 0.717) is 0 Å². The lowest BCUT2D eigenvalue weighted by molar-refractivity contribution is 0.140. The fourth-order valence-electron chi connectivity index (χ4n) is 3.01. The molecule has 1 unspecified atom stereocenters. The van der Waals surface area contributed by atoms with Crippen molar-refractivity contribution in [3.05, 3.63) is 0 Å². The molecule has 18 heavy (non-hydrogen) atoms. The molecule has 0 radical (unpaired) electrons. The quantitative estimate of drug-likeness (QED) is 0.700. The zero-order chi connectivity index (χ0) is 13.3. The highest BCUT2D eigenvalue weighted by atomic mass is 16.3. The standard InChI is InChI=1S/C15H32N2O/c1-3-15(14-18,16-4-2)10-9-13-17-11-7-5-6-8-12-17/h16,18H,3-14H2,1-2H3. The summed E-state index contributed by atoms with van der Waals surface area (Å²) in [5.41, 5.74) is -0.0411. The van der Waals surface area contributed by atoms with Crippen LogP contribution in [0.25, 0.3) is 0 Å². The maximum Gasteiger partial charge on any atom is 0.0613 e. The molecule has 1 saturated heterocycles. The monoisotopic (exact) mass is 256 g/mol. The highest BCUT2D eigenvalue weighted by molar-refractivity contribution is 4.85. The zero-order valence-electron chi connectivity index (χ0n) is 12.4. The van der Waals surface area contributed by atoms with E-state index in [1.807, 2.05) is 0 Å². The lowest BCUT2D eigenvalue weighted by Crippen LogP contribution is -2.48. The van der Waals surface area contributed by atoms with Crippen molar-refractivity contribution in [3.8, 4) is 0 Å². The van der Waals surface area contributed by atoms with Crippen molar-refractivity contribution in [2.45, 2.75) is 64.3 Å². The van der Waals surface area contributed by atoms with Gasteiger partial charge in [-0.05, 0) is 58.3 Å². The Balaban J connectivity index is 2.28. The van der Waals surface area contributed by atoms with E-state index in [9.17, 15) is 5.11 Å². The molecule has 0 aromatic carbocycles. The molecule has 3 heteroatoms. The van der Waals surface area contributed by atoms with Crippen molar-refractivity contribution in [3.63, 3.8) is 0 Å². The molecule has 0 bridgehead atoms. The van der Waals surface area contributed by atoms with E-state index in [1.54, 1.807) is 0 Å². The molecular weight excluding hydrogens is 224 g/mol. The van der Waals surface area contributed by atoms with Gasteiger partial charge in [-0.1, -0.05) is 26.7 Å². The number of nitrogens with one attached hydrogen (secondary N) is 1. The van der Waals surface area contributed by atoms with Crippen molar-refractivity contribution in [2.75, 3.05) is 32.8 Å².